The molecule has 3 atom stereocenters. The third kappa shape index (κ3) is 11.1. The van der Waals surface area contributed by atoms with Crippen LogP contribution in [-0.4, -0.2) is 59.5 Å². The predicted octanol–water partition coefficient (Wildman–Crippen LogP) is 4.46. The Hall–Kier alpha value is -5.45. The van der Waals surface area contributed by atoms with Crippen molar-refractivity contribution in [3.05, 3.63) is 94.7 Å². The number of benzene rings is 2. The van der Waals surface area contributed by atoms with E-state index in [0.717, 1.165) is 23.3 Å². The van der Waals surface area contributed by atoms with Gasteiger partial charge >= 0.3 is 12.1 Å². The second kappa shape index (κ2) is 16.6. The zero-order valence-electron chi connectivity index (χ0n) is 27.7. The first kappa shape index (κ1) is 38.0. The quantitative estimate of drug-likeness (QED) is 0.211. The van der Waals surface area contributed by atoms with Crippen LogP contribution in [0.1, 0.15) is 73.1 Å². The highest BCUT2D eigenvalue weighted by Gasteiger charge is 2.35. The summed E-state index contributed by atoms with van der Waals surface area (Å²) in [5.74, 6) is -2.72. The highest BCUT2D eigenvalue weighted by molar-refractivity contribution is 5.97. The number of hydrogen-bond donors (Lipinski definition) is 3. The number of nitriles is 1. The molecule has 0 saturated carbocycles. The van der Waals surface area contributed by atoms with E-state index in [1.54, 1.807) is 56.3 Å². The van der Waals surface area contributed by atoms with Crippen molar-refractivity contribution in [2.24, 2.45) is 0 Å². The standard InChI is InChI=1S/C35H38F3N5O6/c1-6-48-30(44)20-41-31(45)22(3)42-32(46)25-12-10-23(11-13-25)17-28(26-9-7-8-24(16-26)18-39)21(2)43-33(47)34(4,5)49-29-15-14-27(19-40-29)35(36,37)38/h7-16,19,21-22,28H,6,17,20H2,1-5H3,(H,41,45)(H,42,46)(H,43,47). The van der Waals surface area contributed by atoms with Gasteiger partial charge in [0, 0.05) is 29.8 Å². The maximum Gasteiger partial charge on any atom is 0.417 e. The minimum absolute atomic E-state index is 0.158. The fourth-order valence-corrected chi connectivity index (χ4v) is 4.74. The third-order valence-electron chi connectivity index (χ3n) is 7.50. The second-order valence-corrected chi connectivity index (χ2v) is 11.7. The lowest BCUT2D eigenvalue weighted by molar-refractivity contribution is -0.143. The van der Waals surface area contributed by atoms with Crippen LogP contribution in [0.5, 0.6) is 5.88 Å². The summed E-state index contributed by atoms with van der Waals surface area (Å²) in [5.41, 5.74) is -0.188. The van der Waals surface area contributed by atoms with E-state index >= 15 is 0 Å². The van der Waals surface area contributed by atoms with Crippen molar-refractivity contribution >= 4 is 23.7 Å². The van der Waals surface area contributed by atoms with Gasteiger partial charge in [0.1, 0.15) is 12.6 Å². The van der Waals surface area contributed by atoms with Crippen molar-refractivity contribution in [1.29, 1.82) is 5.26 Å². The molecule has 14 heteroatoms. The first-order chi connectivity index (χ1) is 23.0. The number of rotatable bonds is 14. The maximum absolute atomic E-state index is 13.4. The van der Waals surface area contributed by atoms with Crippen LogP contribution in [0, 0.1) is 11.3 Å². The second-order valence-electron chi connectivity index (χ2n) is 11.7. The molecule has 1 aromatic heterocycles. The molecular weight excluding hydrogens is 643 g/mol. The maximum atomic E-state index is 13.4. The molecule has 0 bridgehead atoms. The lowest BCUT2D eigenvalue weighted by Crippen LogP contribution is -2.51. The number of aromatic nitrogens is 1. The van der Waals surface area contributed by atoms with Crippen molar-refractivity contribution in [1.82, 2.24) is 20.9 Å². The summed E-state index contributed by atoms with van der Waals surface area (Å²) in [7, 11) is 0. The smallest absolute Gasteiger partial charge is 0.417 e. The van der Waals surface area contributed by atoms with Gasteiger partial charge in [0.25, 0.3) is 11.8 Å². The van der Waals surface area contributed by atoms with Gasteiger partial charge in [0.2, 0.25) is 11.8 Å². The van der Waals surface area contributed by atoms with Crippen LogP contribution in [0.3, 0.4) is 0 Å². The Morgan fingerprint density at radius 3 is 2.27 bits per heavy atom. The van der Waals surface area contributed by atoms with Crippen LogP contribution >= 0.6 is 0 Å². The van der Waals surface area contributed by atoms with Crippen LogP contribution in [0.4, 0.5) is 13.2 Å². The van der Waals surface area contributed by atoms with E-state index in [2.05, 4.69) is 27.0 Å². The van der Waals surface area contributed by atoms with Gasteiger partial charge in [-0.05, 0) is 82.5 Å². The molecule has 260 valence electrons. The van der Waals surface area contributed by atoms with Crippen LogP contribution in [0.2, 0.25) is 0 Å². The van der Waals surface area contributed by atoms with E-state index in [9.17, 15) is 37.6 Å². The van der Waals surface area contributed by atoms with E-state index in [1.165, 1.54) is 20.8 Å². The van der Waals surface area contributed by atoms with E-state index in [1.807, 2.05) is 6.07 Å². The van der Waals surface area contributed by atoms with Gasteiger partial charge in [-0.3, -0.25) is 19.2 Å². The van der Waals surface area contributed by atoms with Gasteiger partial charge in [0.05, 0.1) is 23.8 Å². The average molecular weight is 682 g/mol. The molecule has 0 spiro atoms. The molecule has 11 nitrogen and oxygen atoms in total. The fourth-order valence-electron chi connectivity index (χ4n) is 4.74. The molecule has 3 N–H and O–H groups in total. The molecule has 0 aliphatic carbocycles. The zero-order valence-corrected chi connectivity index (χ0v) is 27.7. The summed E-state index contributed by atoms with van der Waals surface area (Å²) in [6.07, 6.45) is -3.56. The van der Waals surface area contributed by atoms with Gasteiger partial charge in [-0.25, -0.2) is 4.98 Å². The molecule has 0 fully saturated rings. The Kier molecular flexibility index (Phi) is 12.9. The van der Waals surface area contributed by atoms with Crippen LogP contribution in [-0.2, 0) is 31.7 Å². The number of amides is 3. The number of carbonyl (C=O) groups is 4. The van der Waals surface area contributed by atoms with Crippen molar-refractivity contribution in [2.45, 2.75) is 70.8 Å². The number of halogens is 3. The number of hydrogen-bond acceptors (Lipinski definition) is 8. The monoisotopic (exact) mass is 681 g/mol. The van der Waals surface area contributed by atoms with Gasteiger partial charge in [0.15, 0.2) is 5.60 Å². The van der Waals surface area contributed by atoms with E-state index in [0.29, 0.717) is 18.2 Å². The first-order valence-corrected chi connectivity index (χ1v) is 15.4. The molecule has 2 aromatic carbocycles. The number of esters is 1. The Bertz CT molecular complexity index is 1670. The average Bonchev–Trinajstić information content (AvgIpc) is 3.06. The minimum Gasteiger partial charge on any atom is -0.465 e. The van der Waals surface area contributed by atoms with Crippen LogP contribution in [0.15, 0.2) is 66.9 Å². The lowest BCUT2D eigenvalue weighted by atomic mass is 9.85. The molecule has 0 radical (unpaired) electrons. The van der Waals surface area contributed by atoms with Crippen LogP contribution in [0.25, 0.3) is 0 Å². The number of ether oxygens (including phenoxy) is 2. The number of nitrogens with one attached hydrogen (secondary N) is 3. The third-order valence-corrected chi connectivity index (χ3v) is 7.50. The first-order valence-electron chi connectivity index (χ1n) is 15.4. The molecular formula is C35H38F3N5O6. The molecule has 0 aliphatic rings. The van der Waals surface area contributed by atoms with Crippen molar-refractivity contribution in [3.63, 3.8) is 0 Å². The Balaban J connectivity index is 1.72. The Morgan fingerprint density at radius 2 is 1.67 bits per heavy atom. The molecule has 0 saturated heterocycles. The molecule has 0 aliphatic heterocycles. The molecule has 49 heavy (non-hydrogen) atoms. The number of carbonyl (C=O) groups excluding carboxylic acids is 4. The van der Waals surface area contributed by atoms with Crippen LogP contribution < -0.4 is 20.7 Å². The van der Waals surface area contributed by atoms with E-state index in [-0.39, 0.29) is 30.5 Å². The highest BCUT2D eigenvalue weighted by atomic mass is 19.4. The van der Waals surface area contributed by atoms with Crippen molar-refractivity contribution in [2.75, 3.05) is 13.2 Å². The van der Waals surface area contributed by atoms with Crippen molar-refractivity contribution in [3.8, 4) is 11.9 Å². The molecule has 3 amide bonds. The summed E-state index contributed by atoms with van der Waals surface area (Å²) < 4.78 is 49.2. The summed E-state index contributed by atoms with van der Waals surface area (Å²) in [5, 5.41) is 17.4. The Labute approximate surface area is 282 Å². The summed E-state index contributed by atoms with van der Waals surface area (Å²) in [4.78, 5) is 53.7. The van der Waals surface area contributed by atoms with Crippen molar-refractivity contribution < 1.29 is 41.8 Å². The topological polar surface area (TPSA) is 160 Å². The molecule has 1 heterocycles. The van der Waals surface area contributed by atoms with Gasteiger partial charge in [-0.1, -0.05) is 24.3 Å². The van der Waals surface area contributed by atoms with Gasteiger partial charge in [-0.15, -0.1) is 0 Å². The molecule has 3 aromatic rings. The molecule has 3 rings (SSSR count). The summed E-state index contributed by atoms with van der Waals surface area (Å²) in [6, 6.07) is 16.1. The predicted molar refractivity (Wildman–Crippen MR) is 172 cm³/mol. The van der Waals surface area contributed by atoms with Gasteiger partial charge < -0.3 is 25.4 Å². The minimum atomic E-state index is -4.57. The largest absolute Gasteiger partial charge is 0.465 e. The number of alkyl halides is 3. The SMILES string of the molecule is CCOC(=O)CNC(=O)C(C)NC(=O)c1ccc(CC(c2cccc(C#N)c2)C(C)NC(=O)C(C)(C)Oc2ccc(C(F)(F)F)cn2)cc1. The van der Waals surface area contributed by atoms with E-state index in [4.69, 9.17) is 9.47 Å². The van der Waals surface area contributed by atoms with Gasteiger partial charge in [-0.2, -0.15) is 18.4 Å². The highest BCUT2D eigenvalue weighted by Crippen LogP contribution is 2.30. The van der Waals surface area contributed by atoms with E-state index < -0.39 is 53.1 Å². The molecule has 3 unspecified atom stereocenters. The Morgan fingerprint density at radius 1 is 0.980 bits per heavy atom. The summed E-state index contributed by atoms with van der Waals surface area (Å²) in [6.45, 7) is 7.70. The summed E-state index contributed by atoms with van der Waals surface area (Å²) >= 11 is 0. The number of pyridine rings is 1. The number of nitrogens with zero attached hydrogens (tertiary/aromatic N) is 2. The fraction of sp³-hybridized carbons (Fsp3) is 0.371. The zero-order chi connectivity index (χ0) is 36.4. The lowest BCUT2D eigenvalue weighted by Gasteiger charge is -2.30. The normalized spacial score (nSPS) is 13.2.